The zero-order valence-corrected chi connectivity index (χ0v) is 10.2. The van der Waals surface area contributed by atoms with E-state index in [0.717, 1.165) is 5.56 Å². The lowest BCUT2D eigenvalue weighted by Crippen LogP contribution is -2.50. The van der Waals surface area contributed by atoms with Gasteiger partial charge in [0, 0.05) is 21.3 Å². The fourth-order valence-corrected chi connectivity index (χ4v) is 1.57. The van der Waals surface area contributed by atoms with Crippen molar-refractivity contribution >= 4 is 0 Å². The second kappa shape index (κ2) is 5.41. The number of methoxy groups -OCH3 is 3. The number of hydrogen-bond donors (Lipinski definition) is 1. The first-order valence-electron chi connectivity index (χ1n) is 5.06. The highest BCUT2D eigenvalue weighted by Gasteiger charge is 2.36. The molecule has 0 heterocycles. The Morgan fingerprint density at radius 1 is 1.06 bits per heavy atom. The van der Waals surface area contributed by atoms with Gasteiger partial charge in [0.15, 0.2) is 6.10 Å². The molecule has 16 heavy (non-hydrogen) atoms. The van der Waals surface area contributed by atoms with E-state index in [1.807, 2.05) is 31.2 Å². The lowest BCUT2D eigenvalue weighted by atomic mass is 10.0. The lowest BCUT2D eigenvalue weighted by Gasteiger charge is -2.33. The van der Waals surface area contributed by atoms with E-state index in [0.29, 0.717) is 0 Å². The molecule has 0 aliphatic heterocycles. The summed E-state index contributed by atoms with van der Waals surface area (Å²) in [5, 5.41) is 0. The van der Waals surface area contributed by atoms with Gasteiger partial charge in [-0.2, -0.15) is 0 Å². The Morgan fingerprint density at radius 3 is 1.94 bits per heavy atom. The van der Waals surface area contributed by atoms with Crippen LogP contribution >= 0.6 is 0 Å². The van der Waals surface area contributed by atoms with Gasteiger partial charge in [-0.05, 0) is 12.5 Å². The first-order chi connectivity index (χ1) is 7.57. The first kappa shape index (κ1) is 13.1. The van der Waals surface area contributed by atoms with Crippen molar-refractivity contribution < 1.29 is 14.2 Å². The van der Waals surface area contributed by atoms with Crippen LogP contribution in [0.25, 0.3) is 0 Å². The summed E-state index contributed by atoms with van der Waals surface area (Å²) in [4.78, 5) is 0. The number of rotatable bonds is 5. The van der Waals surface area contributed by atoms with Crippen LogP contribution in [0.4, 0.5) is 0 Å². The summed E-state index contributed by atoms with van der Waals surface area (Å²) in [7, 11) is 4.55. The van der Waals surface area contributed by atoms with Crippen LogP contribution in [0.15, 0.2) is 24.3 Å². The molecule has 0 bridgehead atoms. The van der Waals surface area contributed by atoms with Gasteiger partial charge in [-0.15, -0.1) is 0 Å². The summed E-state index contributed by atoms with van der Waals surface area (Å²) < 4.78 is 15.7. The van der Waals surface area contributed by atoms with Gasteiger partial charge >= 0.3 is 0 Å². The molecule has 1 unspecified atom stereocenters. The molecule has 0 spiro atoms. The molecule has 0 saturated carbocycles. The molecule has 0 aliphatic rings. The van der Waals surface area contributed by atoms with Gasteiger partial charge in [0.25, 0.3) is 5.91 Å². The van der Waals surface area contributed by atoms with E-state index in [9.17, 15) is 0 Å². The molecule has 90 valence electrons. The fourth-order valence-electron chi connectivity index (χ4n) is 1.57. The van der Waals surface area contributed by atoms with Crippen LogP contribution in [0.1, 0.15) is 17.2 Å². The van der Waals surface area contributed by atoms with Gasteiger partial charge in [0.05, 0.1) is 0 Å². The minimum atomic E-state index is -1.27. The second-order valence-corrected chi connectivity index (χ2v) is 3.66. The Bertz CT molecular complexity index is 320. The number of ether oxygens (including phenoxy) is 3. The maximum Gasteiger partial charge on any atom is 0.256 e. The van der Waals surface area contributed by atoms with Gasteiger partial charge in [-0.1, -0.05) is 29.8 Å². The summed E-state index contributed by atoms with van der Waals surface area (Å²) in [6, 6.07) is 7.88. The average Bonchev–Trinajstić information content (AvgIpc) is 2.32. The zero-order chi connectivity index (χ0) is 12.2. The molecule has 1 aromatic rings. The normalized spacial score (nSPS) is 13.8. The highest BCUT2D eigenvalue weighted by Crippen LogP contribution is 2.28. The lowest BCUT2D eigenvalue weighted by molar-refractivity contribution is -0.264. The summed E-state index contributed by atoms with van der Waals surface area (Å²) in [5.74, 6) is -1.27. The smallest absolute Gasteiger partial charge is 0.256 e. The minimum absolute atomic E-state index is 0.469. The van der Waals surface area contributed by atoms with Gasteiger partial charge < -0.3 is 14.2 Å². The Hall–Kier alpha value is -0.940. The fraction of sp³-hybridized carbons (Fsp3) is 0.500. The van der Waals surface area contributed by atoms with Crippen LogP contribution in [0.2, 0.25) is 0 Å². The Kier molecular flexibility index (Phi) is 4.44. The molecule has 0 fully saturated rings. The molecule has 0 saturated heterocycles. The van der Waals surface area contributed by atoms with Crippen molar-refractivity contribution in [3.8, 4) is 0 Å². The Balaban J connectivity index is 3.02. The molecule has 2 N–H and O–H groups in total. The predicted molar refractivity (Wildman–Crippen MR) is 61.9 cm³/mol. The maximum absolute atomic E-state index is 5.95. The molecule has 4 nitrogen and oxygen atoms in total. The number of aryl methyl sites for hydroxylation is 1. The van der Waals surface area contributed by atoms with Crippen molar-refractivity contribution in [2.45, 2.75) is 18.9 Å². The highest BCUT2D eigenvalue weighted by molar-refractivity contribution is 5.24. The largest absolute Gasteiger partial charge is 0.370 e. The molecule has 0 aliphatic carbocycles. The van der Waals surface area contributed by atoms with Crippen LogP contribution in [0.3, 0.4) is 0 Å². The highest BCUT2D eigenvalue weighted by atomic mass is 16.7. The van der Waals surface area contributed by atoms with Crippen molar-refractivity contribution in [1.29, 1.82) is 0 Å². The van der Waals surface area contributed by atoms with Crippen LogP contribution < -0.4 is 5.73 Å². The maximum atomic E-state index is 5.95. The van der Waals surface area contributed by atoms with Crippen LogP contribution in [-0.2, 0) is 14.2 Å². The Morgan fingerprint density at radius 2 is 1.56 bits per heavy atom. The third kappa shape index (κ3) is 2.59. The Labute approximate surface area is 96.3 Å². The number of nitrogens with two attached hydrogens (primary N) is 1. The van der Waals surface area contributed by atoms with E-state index in [1.165, 1.54) is 19.8 Å². The second-order valence-electron chi connectivity index (χ2n) is 3.66. The van der Waals surface area contributed by atoms with E-state index in [1.54, 1.807) is 7.11 Å². The molecule has 0 radical (unpaired) electrons. The first-order valence-corrected chi connectivity index (χ1v) is 5.06. The number of hydrogen-bond acceptors (Lipinski definition) is 4. The standard InChI is InChI=1S/C12H19NO3/c1-9-5-7-10(8-6-9)11(14-2)12(13,15-3)16-4/h5-8,11H,13H2,1-4H3. The van der Waals surface area contributed by atoms with E-state index in [-0.39, 0.29) is 0 Å². The van der Waals surface area contributed by atoms with Gasteiger partial charge in [-0.25, -0.2) is 0 Å². The summed E-state index contributed by atoms with van der Waals surface area (Å²) in [6.07, 6.45) is -0.469. The molecule has 1 rings (SSSR count). The molecular weight excluding hydrogens is 206 g/mol. The third-order valence-electron chi connectivity index (χ3n) is 2.62. The molecule has 0 amide bonds. The van der Waals surface area contributed by atoms with Crippen LogP contribution in [-0.4, -0.2) is 27.2 Å². The van der Waals surface area contributed by atoms with Crippen LogP contribution in [0.5, 0.6) is 0 Å². The molecule has 1 atom stereocenters. The van der Waals surface area contributed by atoms with Gasteiger partial charge in [0.1, 0.15) is 0 Å². The number of benzene rings is 1. The van der Waals surface area contributed by atoms with Crippen molar-refractivity contribution in [3.05, 3.63) is 35.4 Å². The van der Waals surface area contributed by atoms with Crippen molar-refractivity contribution in [2.75, 3.05) is 21.3 Å². The van der Waals surface area contributed by atoms with Gasteiger partial charge in [0.2, 0.25) is 0 Å². The molecule has 0 aromatic heterocycles. The quantitative estimate of drug-likeness (QED) is 0.773. The van der Waals surface area contributed by atoms with Crippen molar-refractivity contribution in [1.82, 2.24) is 0 Å². The van der Waals surface area contributed by atoms with E-state index >= 15 is 0 Å². The van der Waals surface area contributed by atoms with Gasteiger partial charge in [-0.3, -0.25) is 5.73 Å². The SMILES string of the molecule is COC(c1ccc(C)cc1)C(N)(OC)OC. The van der Waals surface area contributed by atoms with E-state index in [2.05, 4.69) is 0 Å². The monoisotopic (exact) mass is 225 g/mol. The summed E-state index contributed by atoms with van der Waals surface area (Å²) >= 11 is 0. The van der Waals surface area contributed by atoms with E-state index < -0.39 is 12.0 Å². The minimum Gasteiger partial charge on any atom is -0.370 e. The predicted octanol–water partition coefficient (Wildman–Crippen LogP) is 1.59. The van der Waals surface area contributed by atoms with Crippen LogP contribution in [0, 0.1) is 6.92 Å². The summed E-state index contributed by atoms with van der Waals surface area (Å²) in [6.45, 7) is 2.02. The zero-order valence-electron chi connectivity index (χ0n) is 10.2. The molecular formula is C12H19NO3. The molecule has 1 aromatic carbocycles. The van der Waals surface area contributed by atoms with E-state index in [4.69, 9.17) is 19.9 Å². The van der Waals surface area contributed by atoms with Crippen molar-refractivity contribution in [3.63, 3.8) is 0 Å². The topological polar surface area (TPSA) is 53.7 Å². The van der Waals surface area contributed by atoms with Crippen molar-refractivity contribution in [2.24, 2.45) is 5.73 Å². The average molecular weight is 225 g/mol. The summed E-state index contributed by atoms with van der Waals surface area (Å²) in [5.41, 5.74) is 8.04. The third-order valence-corrected chi connectivity index (χ3v) is 2.62. The molecule has 4 heteroatoms.